The van der Waals surface area contributed by atoms with Crippen LogP contribution in [0.1, 0.15) is 0 Å². The Bertz CT molecular complexity index is 429. The number of alkyl halides is 3. The highest BCUT2D eigenvalue weighted by molar-refractivity contribution is 6.71. The van der Waals surface area contributed by atoms with E-state index in [1.807, 2.05) is 0 Å². The van der Waals surface area contributed by atoms with Gasteiger partial charge in [0.2, 0.25) is 5.84 Å². The standard InChI is InChI=1S/C6HF3N4O/c7-6(8,9)5-12-3-2(4(14)13-5)10-1-11-3/h1H. The summed E-state index contributed by atoms with van der Waals surface area (Å²) in [5.74, 6) is -2.90. The van der Waals surface area contributed by atoms with E-state index in [0.29, 0.717) is 0 Å². The number of hydrogen-bond donors (Lipinski definition) is 0. The van der Waals surface area contributed by atoms with Crippen molar-refractivity contribution >= 4 is 29.6 Å². The number of amides is 1. The summed E-state index contributed by atoms with van der Waals surface area (Å²) in [6.45, 7) is 0. The highest BCUT2D eigenvalue weighted by Crippen LogP contribution is 2.21. The molecule has 0 radical (unpaired) electrons. The van der Waals surface area contributed by atoms with Gasteiger partial charge in [0, 0.05) is 0 Å². The van der Waals surface area contributed by atoms with Crippen LogP contribution in [-0.2, 0) is 4.79 Å². The molecule has 5 nitrogen and oxygen atoms in total. The molecule has 1 amide bonds. The van der Waals surface area contributed by atoms with Crippen LogP contribution >= 0.6 is 0 Å². The van der Waals surface area contributed by atoms with Crippen LogP contribution in [0.4, 0.5) is 13.2 Å². The quantitative estimate of drug-likeness (QED) is 0.559. The second-order valence-corrected chi connectivity index (χ2v) is 2.40. The maximum atomic E-state index is 12.1. The molecule has 0 aliphatic carbocycles. The Balaban J connectivity index is 2.46. The van der Waals surface area contributed by atoms with Crippen LogP contribution in [0.3, 0.4) is 0 Å². The highest BCUT2D eigenvalue weighted by Gasteiger charge is 2.41. The first-order valence-electron chi connectivity index (χ1n) is 3.38. The van der Waals surface area contributed by atoms with Gasteiger partial charge in [-0.3, -0.25) is 4.79 Å². The van der Waals surface area contributed by atoms with Gasteiger partial charge >= 0.3 is 12.1 Å². The highest BCUT2D eigenvalue weighted by atomic mass is 19.4. The fourth-order valence-corrected chi connectivity index (χ4v) is 0.894. The maximum Gasteiger partial charge on any atom is 0.451 e. The summed E-state index contributed by atoms with van der Waals surface area (Å²) in [5, 5.41) is 0. The second kappa shape index (κ2) is 2.56. The van der Waals surface area contributed by atoms with E-state index < -0.39 is 17.9 Å². The van der Waals surface area contributed by atoms with Crippen molar-refractivity contribution in [1.29, 1.82) is 0 Å². The second-order valence-electron chi connectivity index (χ2n) is 2.40. The summed E-state index contributed by atoms with van der Waals surface area (Å²) < 4.78 is 36.3. The summed E-state index contributed by atoms with van der Waals surface area (Å²) in [6.07, 6.45) is -3.78. The molecule has 0 bridgehead atoms. The molecule has 72 valence electrons. The van der Waals surface area contributed by atoms with Crippen molar-refractivity contribution in [3.63, 3.8) is 0 Å². The molecule has 0 aromatic carbocycles. The van der Waals surface area contributed by atoms with E-state index in [0.717, 1.165) is 6.34 Å². The van der Waals surface area contributed by atoms with Crippen molar-refractivity contribution in [3.8, 4) is 0 Å². The fourth-order valence-electron chi connectivity index (χ4n) is 0.894. The van der Waals surface area contributed by atoms with Gasteiger partial charge in [0.15, 0.2) is 11.5 Å². The van der Waals surface area contributed by atoms with Crippen molar-refractivity contribution < 1.29 is 18.0 Å². The minimum atomic E-state index is -4.74. The first-order chi connectivity index (χ1) is 6.48. The largest absolute Gasteiger partial charge is 0.451 e. The molecule has 0 aromatic heterocycles. The minimum absolute atomic E-state index is 0.252. The molecule has 0 saturated heterocycles. The average Bonchev–Trinajstić information content (AvgIpc) is 2.50. The van der Waals surface area contributed by atoms with E-state index >= 15 is 0 Å². The number of aliphatic imine (C=N–C) groups is 4. The molecular weight excluding hydrogens is 201 g/mol. The normalized spacial score (nSPS) is 20.2. The van der Waals surface area contributed by atoms with Gasteiger partial charge in [0.25, 0.3) is 0 Å². The number of carbonyl (C=O) groups excluding carboxylic acids is 1. The van der Waals surface area contributed by atoms with E-state index in [-0.39, 0.29) is 11.5 Å². The molecular formula is C6HF3N4O. The zero-order valence-electron chi connectivity index (χ0n) is 6.41. The molecule has 2 rings (SSSR count). The molecule has 2 aliphatic rings. The number of nitrogens with zero attached hydrogens (tertiary/aromatic N) is 4. The van der Waals surface area contributed by atoms with Crippen LogP contribution in [0.5, 0.6) is 0 Å². The summed E-state index contributed by atoms with van der Waals surface area (Å²) in [6, 6.07) is 0. The molecule has 0 saturated carbocycles. The van der Waals surface area contributed by atoms with Gasteiger partial charge in [-0.25, -0.2) is 15.0 Å². The van der Waals surface area contributed by atoms with Gasteiger partial charge in [-0.05, 0) is 0 Å². The molecule has 0 aromatic rings. The maximum absolute atomic E-state index is 12.1. The zero-order chi connectivity index (χ0) is 10.3. The SMILES string of the molecule is O=C1N=C(C(F)(F)F)N=C2N=CN=C12. The van der Waals surface area contributed by atoms with Gasteiger partial charge in [-0.15, -0.1) is 0 Å². The topological polar surface area (TPSA) is 66.5 Å². The lowest BCUT2D eigenvalue weighted by atomic mass is 10.3. The Kier molecular flexibility index (Phi) is 1.60. The minimum Gasteiger partial charge on any atom is -0.265 e. The molecule has 0 N–H and O–H groups in total. The van der Waals surface area contributed by atoms with Gasteiger partial charge in [0.1, 0.15) is 6.34 Å². The first-order valence-corrected chi connectivity index (χ1v) is 3.38. The molecule has 0 fully saturated rings. The number of amidine groups is 2. The van der Waals surface area contributed by atoms with Crippen molar-refractivity contribution in [2.24, 2.45) is 20.0 Å². The number of fused-ring (bicyclic) bond motifs is 1. The molecule has 0 unspecified atom stereocenters. The van der Waals surface area contributed by atoms with Gasteiger partial charge in [-0.2, -0.15) is 18.2 Å². The van der Waals surface area contributed by atoms with Crippen molar-refractivity contribution in [3.05, 3.63) is 0 Å². The Hall–Kier alpha value is -1.86. The average molecular weight is 202 g/mol. The monoisotopic (exact) mass is 202 g/mol. The number of hydrogen-bond acceptors (Lipinski definition) is 4. The van der Waals surface area contributed by atoms with Gasteiger partial charge in [-0.1, -0.05) is 0 Å². The van der Waals surface area contributed by atoms with E-state index in [4.69, 9.17) is 0 Å². The van der Waals surface area contributed by atoms with Gasteiger partial charge in [0.05, 0.1) is 0 Å². The third-order valence-electron chi connectivity index (χ3n) is 1.45. The lowest BCUT2D eigenvalue weighted by molar-refractivity contribution is -0.112. The summed E-state index contributed by atoms with van der Waals surface area (Å²) in [4.78, 5) is 23.6. The molecule has 2 heterocycles. The summed E-state index contributed by atoms with van der Waals surface area (Å²) >= 11 is 0. The number of halogens is 3. The predicted octanol–water partition coefficient (Wildman–Crippen LogP) is 0.369. The van der Waals surface area contributed by atoms with Crippen LogP contribution in [-0.4, -0.2) is 35.8 Å². The molecule has 2 aliphatic heterocycles. The van der Waals surface area contributed by atoms with Crippen LogP contribution in [0.15, 0.2) is 20.0 Å². The van der Waals surface area contributed by atoms with Crippen molar-refractivity contribution in [1.82, 2.24) is 0 Å². The number of rotatable bonds is 0. The predicted molar refractivity (Wildman–Crippen MR) is 41.9 cm³/mol. The summed E-state index contributed by atoms with van der Waals surface area (Å²) in [5.41, 5.74) is -0.252. The zero-order valence-corrected chi connectivity index (χ0v) is 6.41. The Morgan fingerprint density at radius 1 is 1.21 bits per heavy atom. The first kappa shape index (κ1) is 8.73. The van der Waals surface area contributed by atoms with E-state index in [2.05, 4.69) is 20.0 Å². The van der Waals surface area contributed by atoms with E-state index in [1.165, 1.54) is 0 Å². The lowest BCUT2D eigenvalue weighted by Gasteiger charge is -2.09. The molecule has 0 atom stereocenters. The molecule has 14 heavy (non-hydrogen) atoms. The van der Waals surface area contributed by atoms with E-state index in [9.17, 15) is 18.0 Å². The fraction of sp³-hybridized carbons (Fsp3) is 0.167. The van der Waals surface area contributed by atoms with Crippen LogP contribution < -0.4 is 0 Å². The van der Waals surface area contributed by atoms with Crippen molar-refractivity contribution in [2.75, 3.05) is 0 Å². The van der Waals surface area contributed by atoms with E-state index in [1.54, 1.807) is 0 Å². The van der Waals surface area contributed by atoms with Crippen LogP contribution in [0, 0.1) is 0 Å². The third kappa shape index (κ3) is 1.24. The third-order valence-corrected chi connectivity index (χ3v) is 1.45. The summed E-state index contributed by atoms with van der Waals surface area (Å²) in [7, 11) is 0. The number of carbonyl (C=O) groups is 1. The van der Waals surface area contributed by atoms with Crippen LogP contribution in [0.25, 0.3) is 0 Å². The Labute approximate surface area is 74.8 Å². The van der Waals surface area contributed by atoms with Crippen LogP contribution in [0.2, 0.25) is 0 Å². The Morgan fingerprint density at radius 2 is 1.93 bits per heavy atom. The smallest absolute Gasteiger partial charge is 0.265 e. The van der Waals surface area contributed by atoms with Gasteiger partial charge < -0.3 is 0 Å². The molecule has 0 spiro atoms. The Morgan fingerprint density at radius 3 is 2.57 bits per heavy atom. The molecule has 8 heteroatoms. The van der Waals surface area contributed by atoms with Crippen molar-refractivity contribution in [2.45, 2.75) is 6.18 Å². The lowest BCUT2D eigenvalue weighted by Crippen LogP contribution is -2.32.